The highest BCUT2D eigenvalue weighted by atomic mass is 127. The smallest absolute Gasteiger partial charge is 0.408 e. The third kappa shape index (κ3) is 9.69. The molecule has 1 saturated heterocycles. The molecule has 31 heavy (non-hydrogen) atoms. The van der Waals surface area contributed by atoms with Crippen LogP contribution in [0, 0.1) is 0 Å². The van der Waals surface area contributed by atoms with Crippen LogP contribution in [0.15, 0.2) is 4.99 Å². The van der Waals surface area contributed by atoms with E-state index in [9.17, 15) is 4.79 Å². The van der Waals surface area contributed by atoms with Crippen LogP contribution in [0.5, 0.6) is 0 Å². The Labute approximate surface area is 205 Å². The highest BCUT2D eigenvalue weighted by Gasteiger charge is 2.38. The Morgan fingerprint density at radius 1 is 1.06 bits per heavy atom. The molecule has 1 aliphatic heterocycles. The Kier molecular flexibility index (Phi) is 11.3. The van der Waals surface area contributed by atoms with Gasteiger partial charge >= 0.3 is 6.09 Å². The van der Waals surface area contributed by atoms with E-state index in [4.69, 9.17) is 9.47 Å². The van der Waals surface area contributed by atoms with Gasteiger partial charge in [0.15, 0.2) is 5.96 Å². The first kappa shape index (κ1) is 28.2. The van der Waals surface area contributed by atoms with Crippen molar-refractivity contribution < 1.29 is 14.3 Å². The lowest BCUT2D eigenvalue weighted by molar-refractivity contribution is -0.0352. The average molecular weight is 554 g/mol. The number of amides is 1. The summed E-state index contributed by atoms with van der Waals surface area (Å²) in [6.45, 7) is 14.6. The predicted octanol–water partition coefficient (Wildman–Crippen LogP) is 3.11. The molecule has 0 unspecified atom stereocenters. The van der Waals surface area contributed by atoms with Crippen molar-refractivity contribution in [3.63, 3.8) is 0 Å². The van der Waals surface area contributed by atoms with Crippen molar-refractivity contribution in [1.82, 2.24) is 20.9 Å². The largest absolute Gasteiger partial charge is 0.444 e. The molecule has 0 spiro atoms. The van der Waals surface area contributed by atoms with Gasteiger partial charge in [-0.3, -0.25) is 9.89 Å². The number of aliphatic imine (C=N–C) groups is 1. The number of hydrogen-bond acceptors (Lipinski definition) is 5. The zero-order chi connectivity index (χ0) is 22.3. The van der Waals surface area contributed by atoms with Crippen molar-refractivity contribution in [3.05, 3.63) is 0 Å². The molecule has 1 saturated carbocycles. The van der Waals surface area contributed by atoms with Gasteiger partial charge in [0.05, 0.1) is 18.8 Å². The number of nitrogens with zero attached hydrogens (tertiary/aromatic N) is 2. The Morgan fingerprint density at radius 3 is 2.23 bits per heavy atom. The number of alkyl carbamates (subject to hydrolysis) is 1. The third-order valence-corrected chi connectivity index (χ3v) is 5.81. The number of guanidine groups is 1. The molecule has 2 fully saturated rings. The first-order valence-corrected chi connectivity index (χ1v) is 11.3. The summed E-state index contributed by atoms with van der Waals surface area (Å²) < 4.78 is 11.0. The molecule has 0 atom stereocenters. The van der Waals surface area contributed by atoms with E-state index < -0.39 is 17.2 Å². The fourth-order valence-corrected chi connectivity index (χ4v) is 4.25. The first-order chi connectivity index (χ1) is 14.1. The van der Waals surface area contributed by atoms with E-state index in [-0.39, 0.29) is 29.5 Å². The van der Waals surface area contributed by atoms with Gasteiger partial charge in [-0.15, -0.1) is 24.0 Å². The number of carbonyl (C=O) groups excluding carboxylic acids is 1. The minimum atomic E-state index is -0.515. The highest BCUT2D eigenvalue weighted by Crippen LogP contribution is 2.33. The van der Waals surface area contributed by atoms with Gasteiger partial charge in [-0.05, 0) is 47.5 Å². The van der Waals surface area contributed by atoms with E-state index in [2.05, 4.69) is 25.8 Å². The van der Waals surface area contributed by atoms with Crippen molar-refractivity contribution >= 4 is 36.0 Å². The lowest BCUT2D eigenvalue weighted by Crippen LogP contribution is -2.61. The summed E-state index contributed by atoms with van der Waals surface area (Å²) in [5.74, 6) is 0.757. The van der Waals surface area contributed by atoms with E-state index in [0.29, 0.717) is 6.54 Å². The summed E-state index contributed by atoms with van der Waals surface area (Å²) >= 11 is 0. The number of nitrogens with one attached hydrogen (secondary N) is 3. The van der Waals surface area contributed by atoms with Crippen LogP contribution >= 0.6 is 24.0 Å². The molecule has 2 aliphatic rings. The van der Waals surface area contributed by atoms with Crippen LogP contribution in [0.3, 0.4) is 0 Å². The second-order valence-electron chi connectivity index (χ2n) is 10.2. The summed E-state index contributed by atoms with van der Waals surface area (Å²) in [5.41, 5.74) is -0.824. The van der Waals surface area contributed by atoms with Gasteiger partial charge in [0.25, 0.3) is 0 Å². The van der Waals surface area contributed by atoms with Gasteiger partial charge in [0, 0.05) is 38.8 Å². The summed E-state index contributed by atoms with van der Waals surface area (Å²) in [7, 11) is 1.78. The van der Waals surface area contributed by atoms with E-state index in [1.165, 1.54) is 32.1 Å². The lowest BCUT2D eigenvalue weighted by atomic mass is 9.80. The second-order valence-corrected chi connectivity index (χ2v) is 10.2. The summed E-state index contributed by atoms with van der Waals surface area (Å²) in [4.78, 5) is 19.1. The zero-order valence-corrected chi connectivity index (χ0v) is 22.6. The molecule has 0 aromatic carbocycles. The maximum Gasteiger partial charge on any atom is 0.408 e. The standard InChI is InChI=1S/C22H43N5O3.HI/c1-20(2,3)30-19(28)26-21(4,5)16-24-18(23-6)25-17-22(10-8-7-9-11-22)27-12-14-29-15-13-27;/h7-17H2,1-6H3,(H,26,28)(H2,23,24,25);1H. The molecule has 1 heterocycles. The van der Waals surface area contributed by atoms with Gasteiger partial charge in [-0.25, -0.2) is 4.79 Å². The van der Waals surface area contributed by atoms with Gasteiger partial charge in [0.2, 0.25) is 0 Å². The molecular weight excluding hydrogens is 509 g/mol. The maximum absolute atomic E-state index is 12.1. The van der Waals surface area contributed by atoms with Crippen molar-refractivity contribution in [3.8, 4) is 0 Å². The lowest BCUT2D eigenvalue weighted by Gasteiger charge is -2.48. The Bertz CT molecular complexity index is 580. The topological polar surface area (TPSA) is 87.2 Å². The number of carbonyl (C=O) groups is 1. The summed E-state index contributed by atoms with van der Waals surface area (Å²) in [6, 6.07) is 0. The molecule has 1 aliphatic carbocycles. The van der Waals surface area contributed by atoms with Crippen LogP contribution < -0.4 is 16.0 Å². The van der Waals surface area contributed by atoms with Crippen LogP contribution in [0.2, 0.25) is 0 Å². The Morgan fingerprint density at radius 2 is 1.68 bits per heavy atom. The van der Waals surface area contributed by atoms with Gasteiger partial charge in [0.1, 0.15) is 5.60 Å². The first-order valence-electron chi connectivity index (χ1n) is 11.3. The molecule has 8 nitrogen and oxygen atoms in total. The van der Waals surface area contributed by atoms with E-state index >= 15 is 0 Å². The van der Waals surface area contributed by atoms with Gasteiger partial charge < -0.3 is 25.4 Å². The normalized spacial score (nSPS) is 20.4. The minimum Gasteiger partial charge on any atom is -0.444 e. The number of halogens is 1. The number of ether oxygens (including phenoxy) is 2. The molecule has 0 radical (unpaired) electrons. The molecule has 9 heteroatoms. The summed E-state index contributed by atoms with van der Waals surface area (Å²) in [6.07, 6.45) is 5.89. The Hall–Kier alpha value is -0.810. The molecule has 1 amide bonds. The van der Waals surface area contributed by atoms with Crippen LogP contribution in [0.1, 0.15) is 66.7 Å². The van der Waals surface area contributed by atoms with E-state index in [1.807, 2.05) is 34.6 Å². The molecule has 0 aromatic rings. The summed E-state index contributed by atoms with van der Waals surface area (Å²) in [5, 5.41) is 9.85. The van der Waals surface area contributed by atoms with Crippen LogP contribution in [0.4, 0.5) is 4.79 Å². The highest BCUT2D eigenvalue weighted by molar-refractivity contribution is 14.0. The minimum absolute atomic E-state index is 0. The number of rotatable bonds is 6. The molecule has 0 bridgehead atoms. The van der Waals surface area contributed by atoms with Gasteiger partial charge in [-0.1, -0.05) is 19.3 Å². The Balaban J connectivity index is 0.00000480. The second kappa shape index (κ2) is 12.4. The number of hydrogen-bond donors (Lipinski definition) is 3. The number of morpholine rings is 1. The van der Waals surface area contributed by atoms with E-state index in [0.717, 1.165) is 38.8 Å². The molecule has 3 N–H and O–H groups in total. The van der Waals surface area contributed by atoms with Crippen molar-refractivity contribution in [2.24, 2.45) is 4.99 Å². The quantitative estimate of drug-likeness (QED) is 0.266. The maximum atomic E-state index is 12.1. The molecule has 182 valence electrons. The SMILES string of the molecule is CN=C(NCC(C)(C)NC(=O)OC(C)(C)C)NCC1(N2CCOCC2)CCCCC1.I. The van der Waals surface area contributed by atoms with Crippen molar-refractivity contribution in [2.45, 2.75) is 83.4 Å². The molecule has 0 aromatic heterocycles. The molecular formula is C22H44IN5O3. The van der Waals surface area contributed by atoms with E-state index in [1.54, 1.807) is 7.05 Å². The van der Waals surface area contributed by atoms with Crippen LogP contribution in [-0.4, -0.2) is 80.1 Å². The molecule has 2 rings (SSSR count). The van der Waals surface area contributed by atoms with Crippen LogP contribution in [0.25, 0.3) is 0 Å². The fraction of sp³-hybridized carbons (Fsp3) is 0.909. The average Bonchev–Trinajstić information content (AvgIpc) is 2.67. The van der Waals surface area contributed by atoms with Crippen LogP contribution in [-0.2, 0) is 9.47 Å². The fourth-order valence-electron chi connectivity index (χ4n) is 4.25. The van der Waals surface area contributed by atoms with Gasteiger partial charge in [-0.2, -0.15) is 0 Å². The zero-order valence-electron chi connectivity index (χ0n) is 20.3. The monoisotopic (exact) mass is 553 g/mol. The van der Waals surface area contributed by atoms with Crippen molar-refractivity contribution in [2.75, 3.05) is 46.4 Å². The predicted molar refractivity (Wildman–Crippen MR) is 136 cm³/mol. The third-order valence-electron chi connectivity index (χ3n) is 5.81. The van der Waals surface area contributed by atoms with Crippen molar-refractivity contribution in [1.29, 1.82) is 0 Å².